The first-order valence-electron chi connectivity index (χ1n) is 32.8. The Kier molecular flexibility index (Phi) is 16.9. The number of phenols is 2. The first kappa shape index (κ1) is 66.3. The van der Waals surface area contributed by atoms with Crippen molar-refractivity contribution < 1.29 is 28.5 Å². The molecule has 2 aromatic heterocycles. The number of aromatic hydroxyl groups is 2. The van der Waals surface area contributed by atoms with Gasteiger partial charge in [-0.15, -0.1) is 0 Å². The zero-order valence-electron chi connectivity index (χ0n) is 58.6. The largest absolute Gasteiger partial charge is 0.505 e. The molecule has 2 heterocycles. The summed E-state index contributed by atoms with van der Waals surface area (Å²) in [5, 5.41) is 30.1. The molecule has 0 unspecified atom stereocenters. The van der Waals surface area contributed by atoms with E-state index >= 15 is 8.78 Å². The summed E-state index contributed by atoms with van der Waals surface area (Å²) in [7, 11) is 0. The summed E-state index contributed by atoms with van der Waals surface area (Å²) in [5.74, 6) is 0.500. The van der Waals surface area contributed by atoms with Crippen molar-refractivity contribution in [3.05, 3.63) is 178 Å². The van der Waals surface area contributed by atoms with Crippen LogP contribution >= 0.6 is 0 Å². The SMILES string of the molecule is CC(C)(C)CC(C)(C)c1cc(-c2cccc(F)c2)c(O)c(-n2c3cc(C(C)(C)C)ccc3c3cc(OCCCOc4ccc(F)cc4-c4cc(C(C)(C)CC(C)(C)C)cc(-n5c6cc(C(C)(C)C)ccc6c6ccc(C(C)(C)C)cc65)c4O)c(C(C)(C)C)cc32)c1. The third kappa shape index (κ3) is 13.5. The minimum Gasteiger partial charge on any atom is -0.505 e. The molecule has 8 aromatic carbocycles. The van der Waals surface area contributed by atoms with Gasteiger partial charge in [-0.25, -0.2) is 8.78 Å². The highest BCUT2D eigenvalue weighted by Gasteiger charge is 2.34. The highest BCUT2D eigenvalue weighted by Crippen LogP contribution is 2.51. The number of fused-ring (bicyclic) bond motifs is 6. The van der Waals surface area contributed by atoms with Crippen molar-refractivity contribution in [2.45, 2.75) is 204 Å². The van der Waals surface area contributed by atoms with Gasteiger partial charge in [0.05, 0.1) is 46.7 Å². The second kappa shape index (κ2) is 23.2. The van der Waals surface area contributed by atoms with Crippen LogP contribution in [0.15, 0.2) is 133 Å². The fourth-order valence-electron chi connectivity index (χ4n) is 14.2. The van der Waals surface area contributed by atoms with Crippen molar-refractivity contribution in [1.29, 1.82) is 0 Å². The molecule has 0 saturated heterocycles. The van der Waals surface area contributed by atoms with Crippen LogP contribution < -0.4 is 9.47 Å². The summed E-state index contributed by atoms with van der Waals surface area (Å²) in [4.78, 5) is 0. The second-order valence-corrected chi connectivity index (χ2v) is 34.0. The van der Waals surface area contributed by atoms with Gasteiger partial charge >= 0.3 is 0 Å². The molecule has 0 spiro atoms. The zero-order chi connectivity index (χ0) is 66.7. The van der Waals surface area contributed by atoms with E-state index < -0.39 is 5.82 Å². The lowest BCUT2D eigenvalue weighted by atomic mass is 9.71. The second-order valence-electron chi connectivity index (χ2n) is 34.0. The number of ether oxygens (including phenoxy) is 2. The first-order valence-corrected chi connectivity index (χ1v) is 32.8. The summed E-state index contributed by atoms with van der Waals surface area (Å²) in [6.45, 7) is 49.7. The Hall–Kier alpha value is -7.58. The van der Waals surface area contributed by atoms with Crippen LogP contribution in [0.2, 0.25) is 0 Å². The molecule has 0 atom stereocenters. The molecule has 0 amide bonds. The first-order chi connectivity index (χ1) is 42.0. The van der Waals surface area contributed by atoms with Gasteiger partial charge in [0.25, 0.3) is 0 Å². The number of hydrogen-bond acceptors (Lipinski definition) is 4. The van der Waals surface area contributed by atoms with Gasteiger partial charge in [-0.2, -0.15) is 0 Å². The van der Waals surface area contributed by atoms with Gasteiger partial charge in [0.1, 0.15) is 34.6 Å². The van der Waals surface area contributed by atoms with Crippen molar-refractivity contribution in [3.63, 3.8) is 0 Å². The van der Waals surface area contributed by atoms with Crippen LogP contribution in [0.1, 0.15) is 205 Å². The van der Waals surface area contributed by atoms with E-state index in [-0.39, 0.29) is 67.2 Å². The monoisotopic (exact) mass is 1230 g/mol. The molecule has 91 heavy (non-hydrogen) atoms. The number of nitrogens with zero attached hydrogens (tertiary/aromatic N) is 2. The molecule has 0 saturated carbocycles. The number of aromatic nitrogens is 2. The van der Waals surface area contributed by atoms with Crippen molar-refractivity contribution in [1.82, 2.24) is 9.13 Å². The highest BCUT2D eigenvalue weighted by molar-refractivity contribution is 6.12. The van der Waals surface area contributed by atoms with Gasteiger partial charge in [-0.05, 0) is 174 Å². The van der Waals surface area contributed by atoms with Crippen LogP contribution in [-0.4, -0.2) is 32.6 Å². The van der Waals surface area contributed by atoms with E-state index in [9.17, 15) is 10.2 Å². The average molecular weight is 1230 g/mol. The lowest BCUT2D eigenvalue weighted by molar-refractivity contribution is 0.245. The fraction of sp³-hybridized carbons (Fsp3) is 0.422. The lowest BCUT2D eigenvalue weighted by Crippen LogP contribution is -2.25. The predicted octanol–water partition coefficient (Wildman–Crippen LogP) is 23.4. The van der Waals surface area contributed by atoms with E-state index in [1.807, 2.05) is 18.2 Å². The molecule has 480 valence electrons. The van der Waals surface area contributed by atoms with Crippen LogP contribution in [0.25, 0.3) is 77.2 Å². The van der Waals surface area contributed by atoms with E-state index in [0.717, 1.165) is 84.5 Å². The molecule has 0 aliphatic carbocycles. The molecule has 0 aliphatic rings. The number of hydrogen-bond donors (Lipinski definition) is 2. The minimum absolute atomic E-state index is 0.00168. The quantitative estimate of drug-likeness (QED) is 0.106. The Morgan fingerprint density at radius 2 is 0.780 bits per heavy atom. The predicted molar refractivity (Wildman–Crippen MR) is 380 cm³/mol. The molecule has 10 aromatic rings. The smallest absolute Gasteiger partial charge is 0.147 e. The van der Waals surface area contributed by atoms with Crippen LogP contribution in [0.5, 0.6) is 23.0 Å². The summed E-state index contributed by atoms with van der Waals surface area (Å²) in [6.07, 6.45) is 2.21. The summed E-state index contributed by atoms with van der Waals surface area (Å²) < 4.78 is 49.3. The molecule has 0 bridgehead atoms. The van der Waals surface area contributed by atoms with E-state index in [1.54, 1.807) is 12.1 Å². The normalized spacial score (nSPS) is 13.4. The molecule has 10 rings (SSSR count). The molecular weight excluding hydrogens is 1130 g/mol. The maximum absolute atomic E-state index is 16.0. The topological polar surface area (TPSA) is 68.8 Å². The van der Waals surface area contributed by atoms with Gasteiger partial charge in [0, 0.05) is 50.2 Å². The number of benzene rings is 8. The van der Waals surface area contributed by atoms with Crippen molar-refractivity contribution in [2.24, 2.45) is 10.8 Å². The van der Waals surface area contributed by atoms with Gasteiger partial charge in [-0.3, -0.25) is 0 Å². The van der Waals surface area contributed by atoms with Crippen molar-refractivity contribution in [2.75, 3.05) is 13.2 Å². The maximum Gasteiger partial charge on any atom is 0.147 e. The Labute approximate surface area is 541 Å². The van der Waals surface area contributed by atoms with Gasteiger partial charge in [-0.1, -0.05) is 201 Å². The lowest BCUT2D eigenvalue weighted by Gasteiger charge is -2.34. The molecular formula is C83H100F2N2O4. The number of halogens is 2. The minimum atomic E-state index is -0.437. The molecule has 2 N–H and O–H groups in total. The Balaban J connectivity index is 1.06. The third-order valence-corrected chi connectivity index (χ3v) is 18.4. The van der Waals surface area contributed by atoms with Crippen LogP contribution in [0.4, 0.5) is 8.78 Å². The van der Waals surface area contributed by atoms with E-state index in [1.165, 1.54) is 35.4 Å². The van der Waals surface area contributed by atoms with Crippen LogP contribution in [0, 0.1) is 22.5 Å². The Morgan fingerprint density at radius 3 is 1.22 bits per heavy atom. The molecule has 8 heteroatoms. The van der Waals surface area contributed by atoms with Crippen molar-refractivity contribution >= 4 is 43.6 Å². The zero-order valence-corrected chi connectivity index (χ0v) is 58.6. The van der Waals surface area contributed by atoms with Gasteiger partial charge in [0.2, 0.25) is 0 Å². The molecule has 0 radical (unpaired) electrons. The highest BCUT2D eigenvalue weighted by atomic mass is 19.1. The third-order valence-electron chi connectivity index (χ3n) is 18.4. The maximum atomic E-state index is 16.0. The summed E-state index contributed by atoms with van der Waals surface area (Å²) in [6, 6.07) is 43.9. The number of phenolic OH excluding ortho intramolecular Hbond substituents is 2. The molecule has 0 aliphatic heterocycles. The Bertz CT molecular complexity index is 4360. The van der Waals surface area contributed by atoms with E-state index in [2.05, 4.69) is 240 Å². The van der Waals surface area contributed by atoms with Crippen LogP contribution in [0.3, 0.4) is 0 Å². The van der Waals surface area contributed by atoms with E-state index in [4.69, 9.17) is 9.47 Å². The van der Waals surface area contributed by atoms with E-state index in [0.29, 0.717) is 52.4 Å². The number of rotatable bonds is 14. The molecule has 0 fully saturated rings. The van der Waals surface area contributed by atoms with Gasteiger partial charge in [0.15, 0.2) is 0 Å². The standard InChI is InChI=1S/C83H100F2N2O4/c1-76(2,3)48-82(19,20)54-38-61(50-25-23-26-56(84)37-50)74(88)70(43-54)87-68-42-53(80(13,14)15)29-33-60(68)62-46-73(65(47-69(62)87)81(16,17)18)91-36-24-35-90-72-34-30-57(85)45-63(72)64-39-55(83(21,22)49-77(4,5)6)44-71(75(64)89)86-66-40-51(78(7,8)9)27-31-58(66)59-32-28-52(41-67(59)86)79(10,11)12/h23,25-34,37-47,88-89H,24,35-36,48-49H2,1-22H3. The summed E-state index contributed by atoms with van der Waals surface area (Å²) >= 11 is 0. The average Bonchev–Trinajstić information content (AvgIpc) is 1.61. The molecule has 6 nitrogen and oxygen atoms in total. The Morgan fingerprint density at radius 1 is 0.363 bits per heavy atom. The van der Waals surface area contributed by atoms with Crippen LogP contribution in [-0.2, 0) is 32.5 Å². The summed E-state index contributed by atoms with van der Waals surface area (Å²) in [5.41, 5.74) is 12.2. The van der Waals surface area contributed by atoms with Crippen molar-refractivity contribution in [3.8, 4) is 56.6 Å². The fourth-order valence-corrected chi connectivity index (χ4v) is 14.2. The van der Waals surface area contributed by atoms with Gasteiger partial charge < -0.3 is 28.8 Å².